The predicted octanol–water partition coefficient (Wildman–Crippen LogP) is -1.14. The minimum absolute atomic E-state index is 0.0156. The summed E-state index contributed by atoms with van der Waals surface area (Å²) in [7, 11) is 3.48. The molecule has 11 nitrogen and oxygen atoms in total. The van der Waals surface area contributed by atoms with Crippen LogP contribution in [0.2, 0.25) is 0 Å². The second-order valence-electron chi connectivity index (χ2n) is 6.16. The van der Waals surface area contributed by atoms with E-state index in [4.69, 9.17) is 0 Å². The first-order chi connectivity index (χ1) is 13.6. The van der Waals surface area contributed by atoms with Gasteiger partial charge in [-0.1, -0.05) is 0 Å². The summed E-state index contributed by atoms with van der Waals surface area (Å²) >= 11 is 0. The number of hydrogen-bond acceptors (Lipinski definition) is 6. The van der Waals surface area contributed by atoms with Gasteiger partial charge in [0.05, 0.1) is 18.1 Å². The topological polar surface area (TPSA) is 121 Å². The van der Waals surface area contributed by atoms with Crippen LogP contribution in [0.1, 0.15) is 10.5 Å². The molecular weight excluding hydrogens is 362 g/mol. The van der Waals surface area contributed by atoms with Crippen molar-refractivity contribution in [3.63, 3.8) is 0 Å². The van der Waals surface area contributed by atoms with E-state index in [-0.39, 0.29) is 24.1 Å². The Hall–Kier alpha value is -3.50. The Kier molecular flexibility index (Phi) is 6.14. The van der Waals surface area contributed by atoms with Gasteiger partial charge >= 0.3 is 0 Å². The summed E-state index contributed by atoms with van der Waals surface area (Å²) in [6.07, 6.45) is 7.89. The van der Waals surface area contributed by atoms with Gasteiger partial charge in [-0.15, -0.1) is 0 Å². The molecule has 11 heteroatoms. The molecule has 3 rings (SSSR count). The highest BCUT2D eigenvalue weighted by Crippen LogP contribution is 2.15. The maximum atomic E-state index is 12.5. The fourth-order valence-electron chi connectivity index (χ4n) is 2.86. The SMILES string of the molecule is CN=C(NCCNC(=O)c1cnccn1)N1CCN(c2cnn(C)c2)C(=O)C1. The molecule has 2 aromatic heterocycles. The first kappa shape index (κ1) is 19.3. The van der Waals surface area contributed by atoms with Gasteiger partial charge in [0.15, 0.2) is 5.96 Å². The van der Waals surface area contributed by atoms with Crippen LogP contribution in [-0.4, -0.2) is 82.2 Å². The van der Waals surface area contributed by atoms with E-state index >= 15 is 0 Å². The van der Waals surface area contributed by atoms with Crippen LogP contribution in [0.4, 0.5) is 5.69 Å². The lowest BCUT2D eigenvalue weighted by atomic mass is 10.3. The molecule has 2 amide bonds. The minimum Gasteiger partial charge on any atom is -0.354 e. The Balaban J connectivity index is 1.45. The number of hydrogen-bond donors (Lipinski definition) is 2. The summed E-state index contributed by atoms with van der Waals surface area (Å²) in [5.41, 5.74) is 1.06. The van der Waals surface area contributed by atoms with E-state index in [1.807, 2.05) is 18.1 Å². The van der Waals surface area contributed by atoms with Gasteiger partial charge in [0.2, 0.25) is 5.91 Å². The highest BCUT2D eigenvalue weighted by Gasteiger charge is 2.27. The molecule has 0 aliphatic carbocycles. The fraction of sp³-hybridized carbons (Fsp3) is 0.412. The number of carbonyl (C=O) groups excluding carboxylic acids is 2. The molecule has 1 saturated heterocycles. The smallest absolute Gasteiger partial charge is 0.271 e. The van der Waals surface area contributed by atoms with Gasteiger partial charge in [-0.2, -0.15) is 5.10 Å². The largest absolute Gasteiger partial charge is 0.354 e. The monoisotopic (exact) mass is 385 g/mol. The van der Waals surface area contributed by atoms with Gasteiger partial charge in [-0.25, -0.2) is 4.98 Å². The molecule has 28 heavy (non-hydrogen) atoms. The maximum Gasteiger partial charge on any atom is 0.271 e. The van der Waals surface area contributed by atoms with Crippen molar-refractivity contribution in [1.29, 1.82) is 0 Å². The molecule has 0 bridgehead atoms. The predicted molar refractivity (Wildman–Crippen MR) is 103 cm³/mol. The molecule has 0 spiro atoms. The Bertz CT molecular complexity index is 849. The van der Waals surface area contributed by atoms with Crippen LogP contribution in [0.25, 0.3) is 0 Å². The molecule has 2 N–H and O–H groups in total. The van der Waals surface area contributed by atoms with Gasteiger partial charge in [0.25, 0.3) is 5.91 Å². The van der Waals surface area contributed by atoms with E-state index in [9.17, 15) is 9.59 Å². The maximum absolute atomic E-state index is 12.5. The number of guanidine groups is 1. The van der Waals surface area contributed by atoms with Crippen LogP contribution in [0.3, 0.4) is 0 Å². The fourth-order valence-corrected chi connectivity index (χ4v) is 2.86. The van der Waals surface area contributed by atoms with Crippen LogP contribution in [0.5, 0.6) is 0 Å². The molecule has 2 aromatic rings. The van der Waals surface area contributed by atoms with Crippen molar-refractivity contribution >= 4 is 23.5 Å². The van der Waals surface area contributed by atoms with Crippen LogP contribution in [0, 0.1) is 0 Å². The molecule has 1 aliphatic heterocycles. The number of aromatic nitrogens is 4. The van der Waals surface area contributed by atoms with Crippen LogP contribution in [0.15, 0.2) is 36.0 Å². The Morgan fingerprint density at radius 2 is 2.04 bits per heavy atom. The Morgan fingerprint density at radius 1 is 1.21 bits per heavy atom. The van der Waals surface area contributed by atoms with Crippen molar-refractivity contribution in [2.24, 2.45) is 12.0 Å². The van der Waals surface area contributed by atoms with Gasteiger partial charge in [-0.3, -0.25) is 24.2 Å². The van der Waals surface area contributed by atoms with Crippen LogP contribution < -0.4 is 15.5 Å². The van der Waals surface area contributed by atoms with Crippen LogP contribution in [-0.2, 0) is 11.8 Å². The number of piperazine rings is 1. The summed E-state index contributed by atoms with van der Waals surface area (Å²) in [6.45, 7) is 2.27. The van der Waals surface area contributed by atoms with E-state index in [0.717, 1.165) is 5.69 Å². The molecular formula is C17H23N9O2. The second-order valence-corrected chi connectivity index (χ2v) is 6.16. The zero-order chi connectivity index (χ0) is 19.9. The average molecular weight is 385 g/mol. The second kappa shape index (κ2) is 8.93. The van der Waals surface area contributed by atoms with Crippen molar-refractivity contribution in [2.45, 2.75) is 0 Å². The normalized spacial score (nSPS) is 14.9. The van der Waals surface area contributed by atoms with Gasteiger partial charge in [-0.05, 0) is 0 Å². The highest BCUT2D eigenvalue weighted by atomic mass is 16.2. The molecule has 1 fully saturated rings. The lowest BCUT2D eigenvalue weighted by Gasteiger charge is -2.35. The van der Waals surface area contributed by atoms with Crippen molar-refractivity contribution < 1.29 is 9.59 Å². The number of nitrogens with zero attached hydrogens (tertiary/aromatic N) is 7. The van der Waals surface area contributed by atoms with Crippen molar-refractivity contribution in [1.82, 2.24) is 35.3 Å². The van der Waals surface area contributed by atoms with Crippen molar-refractivity contribution in [3.05, 3.63) is 36.7 Å². The first-order valence-corrected chi connectivity index (χ1v) is 8.87. The number of carbonyl (C=O) groups is 2. The number of aryl methyl sites for hydroxylation is 1. The number of aliphatic imine (C=N–C) groups is 1. The van der Waals surface area contributed by atoms with Crippen LogP contribution >= 0.6 is 0 Å². The third kappa shape index (κ3) is 4.61. The molecule has 0 saturated carbocycles. The highest BCUT2D eigenvalue weighted by molar-refractivity contribution is 5.98. The van der Waals surface area contributed by atoms with E-state index in [1.165, 1.54) is 18.6 Å². The van der Waals surface area contributed by atoms with Gasteiger partial charge in [0, 0.05) is 58.9 Å². The van der Waals surface area contributed by atoms with E-state index in [2.05, 4.69) is 30.7 Å². The lowest BCUT2D eigenvalue weighted by Crippen LogP contribution is -2.55. The van der Waals surface area contributed by atoms with Crippen molar-refractivity contribution in [3.8, 4) is 0 Å². The first-order valence-electron chi connectivity index (χ1n) is 8.87. The molecule has 0 unspecified atom stereocenters. The number of nitrogens with one attached hydrogen (secondary N) is 2. The zero-order valence-corrected chi connectivity index (χ0v) is 15.9. The summed E-state index contributed by atoms with van der Waals surface area (Å²) in [6, 6.07) is 0. The zero-order valence-electron chi connectivity index (χ0n) is 15.9. The van der Waals surface area contributed by atoms with E-state index in [1.54, 1.807) is 22.8 Å². The number of rotatable bonds is 5. The Labute approximate surface area is 162 Å². The van der Waals surface area contributed by atoms with Gasteiger partial charge in [0.1, 0.15) is 12.2 Å². The molecule has 0 atom stereocenters. The third-order valence-corrected chi connectivity index (χ3v) is 4.22. The number of amides is 2. The molecule has 1 aliphatic rings. The molecule has 0 radical (unpaired) electrons. The average Bonchev–Trinajstić information content (AvgIpc) is 3.14. The van der Waals surface area contributed by atoms with E-state index in [0.29, 0.717) is 32.1 Å². The summed E-state index contributed by atoms with van der Waals surface area (Å²) in [4.78, 5) is 40.1. The molecule has 148 valence electrons. The minimum atomic E-state index is -0.287. The summed E-state index contributed by atoms with van der Waals surface area (Å²) < 4.78 is 1.67. The quantitative estimate of drug-likeness (QED) is 0.379. The number of anilines is 1. The summed E-state index contributed by atoms with van der Waals surface area (Å²) in [5.74, 6) is 0.316. The standard InChI is InChI=1S/C17H23N9O2/c1-18-17(22-6-5-21-16(28)14-10-19-3-4-20-14)25-7-8-26(15(27)12-25)13-9-23-24(2)11-13/h3-4,9-11H,5-8,12H2,1-2H3,(H,18,22)(H,21,28). The van der Waals surface area contributed by atoms with Crippen molar-refractivity contribution in [2.75, 3.05) is 44.7 Å². The Morgan fingerprint density at radius 3 is 2.68 bits per heavy atom. The molecule has 0 aromatic carbocycles. The lowest BCUT2D eigenvalue weighted by molar-refractivity contribution is -0.120. The van der Waals surface area contributed by atoms with E-state index < -0.39 is 0 Å². The third-order valence-electron chi connectivity index (χ3n) is 4.22. The molecule has 3 heterocycles. The summed E-state index contributed by atoms with van der Waals surface area (Å²) in [5, 5.41) is 10.0. The van der Waals surface area contributed by atoms with Gasteiger partial charge < -0.3 is 20.4 Å².